The Hall–Kier alpha value is -2.22. The maximum absolute atomic E-state index is 12.3. The smallest absolute Gasteiger partial charge is 0.163 e. The van der Waals surface area contributed by atoms with Crippen LogP contribution in [0.3, 0.4) is 0 Å². The number of carbonyl (C=O) groups excluding carboxylic acids is 2. The molecule has 22 heavy (non-hydrogen) atoms. The van der Waals surface area contributed by atoms with Crippen molar-refractivity contribution in [1.29, 1.82) is 0 Å². The lowest BCUT2D eigenvalue weighted by molar-refractivity contribution is 0.0917. The molecule has 0 radical (unpaired) electrons. The fourth-order valence-electron chi connectivity index (χ4n) is 2.69. The number of carbonyl (C=O) groups is 2. The quantitative estimate of drug-likeness (QED) is 0.646. The molecule has 2 rings (SSSR count). The van der Waals surface area contributed by atoms with E-state index in [1.54, 1.807) is 0 Å². The van der Waals surface area contributed by atoms with E-state index in [2.05, 4.69) is 6.92 Å². The minimum absolute atomic E-state index is 0.116. The number of hydrogen-bond acceptors (Lipinski definition) is 2. The number of ketones is 2. The molecule has 0 aliphatic heterocycles. The zero-order valence-electron chi connectivity index (χ0n) is 13.0. The van der Waals surface area contributed by atoms with Crippen LogP contribution in [0.4, 0.5) is 0 Å². The Morgan fingerprint density at radius 1 is 0.773 bits per heavy atom. The minimum atomic E-state index is 0.116. The average Bonchev–Trinajstić information content (AvgIpc) is 2.56. The number of Topliss-reactive ketones (excluding diaryl/α,β-unsaturated/α-hetero) is 2. The van der Waals surface area contributed by atoms with Crippen LogP contribution in [-0.4, -0.2) is 11.6 Å². The van der Waals surface area contributed by atoms with Crippen LogP contribution in [0.5, 0.6) is 0 Å². The van der Waals surface area contributed by atoms with Gasteiger partial charge < -0.3 is 0 Å². The molecule has 0 fully saturated rings. The van der Waals surface area contributed by atoms with E-state index in [1.807, 2.05) is 60.7 Å². The highest BCUT2D eigenvalue weighted by molar-refractivity contribution is 5.98. The maximum Gasteiger partial charge on any atom is 0.163 e. The minimum Gasteiger partial charge on any atom is -0.294 e. The van der Waals surface area contributed by atoms with Crippen molar-refractivity contribution in [3.05, 3.63) is 71.8 Å². The number of hydrogen-bond donors (Lipinski definition) is 0. The van der Waals surface area contributed by atoms with Gasteiger partial charge in [0.05, 0.1) is 0 Å². The SMILES string of the molecule is CCCC(CC(=O)c1ccccc1)CC(=O)c1ccccc1. The van der Waals surface area contributed by atoms with Crippen LogP contribution in [0.2, 0.25) is 0 Å². The summed E-state index contributed by atoms with van der Waals surface area (Å²) in [7, 11) is 0. The van der Waals surface area contributed by atoms with Gasteiger partial charge in [0.2, 0.25) is 0 Å². The van der Waals surface area contributed by atoms with Crippen LogP contribution in [-0.2, 0) is 0 Å². The third-order valence-electron chi connectivity index (χ3n) is 3.84. The zero-order valence-corrected chi connectivity index (χ0v) is 13.0. The van der Waals surface area contributed by atoms with Gasteiger partial charge in [0, 0.05) is 24.0 Å². The summed E-state index contributed by atoms with van der Waals surface area (Å²) in [6.07, 6.45) is 2.76. The Labute approximate surface area is 132 Å². The summed E-state index contributed by atoms with van der Waals surface area (Å²) in [5, 5.41) is 0. The molecule has 0 saturated heterocycles. The van der Waals surface area contributed by atoms with Crippen molar-refractivity contribution in [3.8, 4) is 0 Å². The lowest BCUT2D eigenvalue weighted by Crippen LogP contribution is -2.14. The van der Waals surface area contributed by atoms with Crippen molar-refractivity contribution in [3.63, 3.8) is 0 Å². The summed E-state index contributed by atoms with van der Waals surface area (Å²) in [5.41, 5.74) is 1.46. The second-order valence-corrected chi connectivity index (χ2v) is 5.64. The number of rotatable bonds is 8. The molecule has 114 valence electrons. The molecule has 0 saturated carbocycles. The summed E-state index contributed by atoms with van der Waals surface area (Å²) in [5.74, 6) is 0.366. The van der Waals surface area contributed by atoms with Gasteiger partial charge in [0.25, 0.3) is 0 Å². The standard InChI is InChI=1S/C20H22O2/c1-2-9-16(14-19(21)17-10-5-3-6-11-17)15-20(22)18-12-7-4-8-13-18/h3-8,10-13,16H,2,9,14-15H2,1H3. The predicted molar refractivity (Wildman–Crippen MR) is 89.2 cm³/mol. The molecule has 2 aromatic rings. The Balaban J connectivity index is 2.01. The fraction of sp³-hybridized carbons (Fsp3) is 0.300. The Bertz CT molecular complexity index is 549. The average molecular weight is 294 g/mol. The molecule has 0 heterocycles. The summed E-state index contributed by atoms with van der Waals surface area (Å²) < 4.78 is 0. The highest BCUT2D eigenvalue weighted by Crippen LogP contribution is 2.21. The molecule has 0 amide bonds. The van der Waals surface area contributed by atoms with Crippen molar-refractivity contribution < 1.29 is 9.59 Å². The predicted octanol–water partition coefficient (Wildman–Crippen LogP) is 4.95. The topological polar surface area (TPSA) is 34.1 Å². The molecule has 0 bridgehead atoms. The molecule has 0 unspecified atom stereocenters. The van der Waals surface area contributed by atoms with E-state index in [9.17, 15) is 9.59 Å². The molecule has 2 heteroatoms. The van der Waals surface area contributed by atoms with E-state index < -0.39 is 0 Å². The van der Waals surface area contributed by atoms with Crippen molar-refractivity contribution >= 4 is 11.6 Å². The number of benzene rings is 2. The van der Waals surface area contributed by atoms with Gasteiger partial charge in [0.1, 0.15) is 0 Å². The molecule has 0 aromatic heterocycles. The molecule has 0 N–H and O–H groups in total. The molecule has 0 spiro atoms. The molecule has 0 aliphatic carbocycles. The van der Waals surface area contributed by atoms with Gasteiger partial charge in [-0.25, -0.2) is 0 Å². The first-order valence-corrected chi connectivity index (χ1v) is 7.87. The molecular formula is C20H22O2. The van der Waals surface area contributed by atoms with Gasteiger partial charge in [0.15, 0.2) is 11.6 Å². The van der Waals surface area contributed by atoms with Crippen molar-refractivity contribution in [1.82, 2.24) is 0 Å². The second-order valence-electron chi connectivity index (χ2n) is 5.64. The van der Waals surface area contributed by atoms with Crippen LogP contribution in [0.15, 0.2) is 60.7 Å². The summed E-state index contributed by atoms with van der Waals surface area (Å²) in [4.78, 5) is 24.7. The van der Waals surface area contributed by atoms with Gasteiger partial charge in [-0.2, -0.15) is 0 Å². The molecular weight excluding hydrogens is 272 g/mol. The van der Waals surface area contributed by atoms with E-state index in [0.29, 0.717) is 12.8 Å². The van der Waals surface area contributed by atoms with E-state index in [0.717, 1.165) is 24.0 Å². The van der Waals surface area contributed by atoms with E-state index in [1.165, 1.54) is 0 Å². The summed E-state index contributed by atoms with van der Waals surface area (Å²) >= 11 is 0. The lowest BCUT2D eigenvalue weighted by atomic mass is 9.88. The highest BCUT2D eigenvalue weighted by Gasteiger charge is 2.18. The van der Waals surface area contributed by atoms with Gasteiger partial charge in [-0.3, -0.25) is 9.59 Å². The monoisotopic (exact) mass is 294 g/mol. The molecule has 2 aromatic carbocycles. The molecule has 0 atom stereocenters. The van der Waals surface area contributed by atoms with E-state index in [4.69, 9.17) is 0 Å². The van der Waals surface area contributed by atoms with Gasteiger partial charge in [-0.1, -0.05) is 74.0 Å². The maximum atomic E-state index is 12.3. The summed E-state index contributed by atoms with van der Waals surface area (Å²) in [6.45, 7) is 2.09. The fourth-order valence-corrected chi connectivity index (χ4v) is 2.69. The van der Waals surface area contributed by atoms with Gasteiger partial charge in [-0.05, 0) is 12.3 Å². The first-order valence-electron chi connectivity index (χ1n) is 7.87. The highest BCUT2D eigenvalue weighted by atomic mass is 16.1. The first-order chi connectivity index (χ1) is 10.7. The largest absolute Gasteiger partial charge is 0.294 e. The lowest BCUT2D eigenvalue weighted by Gasteiger charge is -2.14. The first kappa shape index (κ1) is 16.2. The van der Waals surface area contributed by atoms with Crippen molar-refractivity contribution in [2.75, 3.05) is 0 Å². The van der Waals surface area contributed by atoms with Crippen molar-refractivity contribution in [2.24, 2.45) is 5.92 Å². The van der Waals surface area contributed by atoms with Crippen LogP contribution in [0, 0.1) is 5.92 Å². The van der Waals surface area contributed by atoms with Crippen molar-refractivity contribution in [2.45, 2.75) is 32.6 Å². The van der Waals surface area contributed by atoms with E-state index in [-0.39, 0.29) is 17.5 Å². The van der Waals surface area contributed by atoms with Gasteiger partial charge in [-0.15, -0.1) is 0 Å². The molecule has 2 nitrogen and oxygen atoms in total. The Morgan fingerprint density at radius 2 is 1.18 bits per heavy atom. The van der Waals surface area contributed by atoms with Crippen LogP contribution >= 0.6 is 0 Å². The second kappa shape index (κ2) is 8.28. The summed E-state index contributed by atoms with van der Waals surface area (Å²) in [6, 6.07) is 18.6. The zero-order chi connectivity index (χ0) is 15.8. The molecule has 0 aliphatic rings. The Kier molecular flexibility index (Phi) is 6.08. The third-order valence-corrected chi connectivity index (χ3v) is 3.84. The van der Waals surface area contributed by atoms with E-state index >= 15 is 0 Å². The Morgan fingerprint density at radius 3 is 1.55 bits per heavy atom. The van der Waals surface area contributed by atoms with Crippen LogP contribution in [0.1, 0.15) is 53.3 Å². The van der Waals surface area contributed by atoms with Gasteiger partial charge >= 0.3 is 0 Å². The normalized spacial score (nSPS) is 10.6. The van der Waals surface area contributed by atoms with Crippen LogP contribution < -0.4 is 0 Å². The van der Waals surface area contributed by atoms with Crippen LogP contribution in [0.25, 0.3) is 0 Å². The third kappa shape index (κ3) is 4.66.